The Labute approximate surface area is 158 Å². The minimum Gasteiger partial charge on any atom is -0.368 e. The number of benzene rings is 2. The second kappa shape index (κ2) is 7.23. The van der Waals surface area contributed by atoms with Gasteiger partial charge in [0.1, 0.15) is 0 Å². The molecule has 1 aliphatic rings. The monoisotopic (exact) mass is 361 g/mol. The van der Waals surface area contributed by atoms with E-state index in [0.717, 1.165) is 42.8 Å². The third kappa shape index (κ3) is 3.84. The average molecular weight is 361 g/mol. The van der Waals surface area contributed by atoms with Crippen molar-refractivity contribution in [3.8, 4) is 0 Å². The number of hydrogen-bond donors (Lipinski definition) is 1. The first-order valence-electron chi connectivity index (χ1n) is 9.19. The van der Waals surface area contributed by atoms with Gasteiger partial charge in [0.2, 0.25) is 11.9 Å². The lowest BCUT2D eigenvalue weighted by molar-refractivity contribution is -0.129. The molecule has 2 aromatic carbocycles. The van der Waals surface area contributed by atoms with Crippen LogP contribution in [0.3, 0.4) is 0 Å². The quantitative estimate of drug-likeness (QED) is 0.775. The van der Waals surface area contributed by atoms with Gasteiger partial charge in [-0.25, -0.2) is 9.97 Å². The lowest BCUT2D eigenvalue weighted by Crippen LogP contribution is -2.48. The number of carbonyl (C=O) groups is 1. The number of carbonyl (C=O) groups excluding carboxylic acids is 1. The first kappa shape index (κ1) is 17.3. The van der Waals surface area contributed by atoms with Crippen LogP contribution in [0.2, 0.25) is 0 Å². The van der Waals surface area contributed by atoms with Crippen LogP contribution in [0.5, 0.6) is 0 Å². The van der Waals surface area contributed by atoms with Crippen molar-refractivity contribution in [2.45, 2.75) is 13.8 Å². The molecular formula is C21H23N5O. The molecule has 1 aromatic heterocycles. The van der Waals surface area contributed by atoms with Crippen LogP contribution >= 0.6 is 0 Å². The van der Waals surface area contributed by atoms with E-state index in [9.17, 15) is 4.79 Å². The Morgan fingerprint density at radius 3 is 2.48 bits per heavy atom. The third-order valence-electron chi connectivity index (χ3n) is 4.95. The van der Waals surface area contributed by atoms with Crippen LogP contribution in [-0.2, 0) is 4.79 Å². The maximum absolute atomic E-state index is 11.4. The van der Waals surface area contributed by atoms with E-state index in [1.807, 2.05) is 29.3 Å². The molecule has 0 unspecified atom stereocenters. The summed E-state index contributed by atoms with van der Waals surface area (Å²) in [6, 6.07) is 14.4. The molecule has 1 aliphatic heterocycles. The normalized spacial score (nSPS) is 14.4. The van der Waals surface area contributed by atoms with Crippen molar-refractivity contribution in [2.75, 3.05) is 36.4 Å². The van der Waals surface area contributed by atoms with Gasteiger partial charge in [-0.05, 0) is 42.8 Å². The molecule has 1 N–H and O–H groups in total. The highest BCUT2D eigenvalue weighted by Gasteiger charge is 2.18. The Bertz CT molecular complexity index is 962. The first-order valence-corrected chi connectivity index (χ1v) is 9.19. The SMILES string of the molecule is CC(=O)N1CCN(c2ccc(Nc3ncc4ccc(C)cc4n3)cc2)CC1. The highest BCUT2D eigenvalue weighted by Crippen LogP contribution is 2.22. The molecule has 3 aromatic rings. The van der Waals surface area contributed by atoms with Gasteiger partial charge in [0.15, 0.2) is 0 Å². The molecule has 0 aliphatic carbocycles. The summed E-state index contributed by atoms with van der Waals surface area (Å²) >= 11 is 0. The number of nitrogens with zero attached hydrogens (tertiary/aromatic N) is 4. The van der Waals surface area contributed by atoms with E-state index < -0.39 is 0 Å². The summed E-state index contributed by atoms with van der Waals surface area (Å²) in [5, 5.41) is 4.31. The zero-order valence-electron chi connectivity index (χ0n) is 15.6. The molecule has 1 amide bonds. The second-order valence-corrected chi connectivity index (χ2v) is 6.92. The minimum atomic E-state index is 0.153. The fraction of sp³-hybridized carbons (Fsp3) is 0.286. The maximum Gasteiger partial charge on any atom is 0.227 e. The van der Waals surface area contributed by atoms with Crippen molar-refractivity contribution in [2.24, 2.45) is 0 Å². The fourth-order valence-electron chi connectivity index (χ4n) is 3.36. The van der Waals surface area contributed by atoms with Crippen LogP contribution in [-0.4, -0.2) is 47.0 Å². The smallest absolute Gasteiger partial charge is 0.227 e. The number of amides is 1. The van der Waals surface area contributed by atoms with Gasteiger partial charge in [0, 0.05) is 56.1 Å². The van der Waals surface area contributed by atoms with E-state index in [-0.39, 0.29) is 5.91 Å². The average Bonchev–Trinajstić information content (AvgIpc) is 2.68. The molecule has 0 bridgehead atoms. The van der Waals surface area contributed by atoms with Crippen LogP contribution in [0.1, 0.15) is 12.5 Å². The molecule has 1 saturated heterocycles. The summed E-state index contributed by atoms with van der Waals surface area (Å²) < 4.78 is 0. The van der Waals surface area contributed by atoms with Gasteiger partial charge in [-0.2, -0.15) is 0 Å². The van der Waals surface area contributed by atoms with Gasteiger partial charge in [-0.15, -0.1) is 0 Å². The van der Waals surface area contributed by atoms with E-state index in [2.05, 4.69) is 51.4 Å². The Morgan fingerprint density at radius 1 is 1.04 bits per heavy atom. The standard InChI is InChI=1S/C21H23N5O/c1-15-3-4-17-14-22-21(24-20(17)13-15)23-18-5-7-19(8-6-18)26-11-9-25(10-12-26)16(2)27/h3-8,13-14H,9-12H2,1-2H3,(H,22,23,24). The van der Waals surface area contributed by atoms with E-state index in [1.54, 1.807) is 6.92 Å². The number of rotatable bonds is 3. The number of nitrogens with one attached hydrogen (secondary N) is 1. The van der Waals surface area contributed by atoms with Gasteiger partial charge < -0.3 is 15.1 Å². The van der Waals surface area contributed by atoms with Crippen LogP contribution < -0.4 is 10.2 Å². The molecule has 0 radical (unpaired) electrons. The number of hydrogen-bond acceptors (Lipinski definition) is 5. The predicted octanol–water partition coefficient (Wildman–Crippen LogP) is 3.35. The van der Waals surface area contributed by atoms with E-state index in [0.29, 0.717) is 5.95 Å². The van der Waals surface area contributed by atoms with Crippen molar-refractivity contribution < 1.29 is 4.79 Å². The van der Waals surface area contributed by atoms with Crippen molar-refractivity contribution in [1.82, 2.24) is 14.9 Å². The predicted molar refractivity (Wildman–Crippen MR) is 108 cm³/mol. The summed E-state index contributed by atoms with van der Waals surface area (Å²) in [4.78, 5) is 24.6. The molecule has 27 heavy (non-hydrogen) atoms. The van der Waals surface area contributed by atoms with Gasteiger partial charge in [0.25, 0.3) is 0 Å². The lowest BCUT2D eigenvalue weighted by Gasteiger charge is -2.35. The molecule has 6 nitrogen and oxygen atoms in total. The van der Waals surface area contributed by atoms with Crippen molar-refractivity contribution >= 4 is 34.1 Å². The Morgan fingerprint density at radius 2 is 1.78 bits per heavy atom. The van der Waals surface area contributed by atoms with Gasteiger partial charge >= 0.3 is 0 Å². The van der Waals surface area contributed by atoms with E-state index >= 15 is 0 Å². The summed E-state index contributed by atoms with van der Waals surface area (Å²) in [6.45, 7) is 6.97. The summed E-state index contributed by atoms with van der Waals surface area (Å²) in [6.07, 6.45) is 1.84. The zero-order chi connectivity index (χ0) is 18.8. The Balaban J connectivity index is 1.44. The topological polar surface area (TPSA) is 61.4 Å². The molecule has 0 saturated carbocycles. The molecule has 6 heteroatoms. The number of anilines is 3. The zero-order valence-corrected chi connectivity index (χ0v) is 15.6. The number of piperazine rings is 1. The first-order chi connectivity index (χ1) is 13.1. The fourth-order valence-corrected chi connectivity index (χ4v) is 3.36. The molecule has 4 rings (SSSR count). The minimum absolute atomic E-state index is 0.153. The van der Waals surface area contributed by atoms with Crippen molar-refractivity contribution in [3.05, 3.63) is 54.2 Å². The largest absolute Gasteiger partial charge is 0.368 e. The third-order valence-corrected chi connectivity index (χ3v) is 4.95. The van der Waals surface area contributed by atoms with E-state index in [1.165, 1.54) is 11.3 Å². The molecule has 1 fully saturated rings. The molecule has 0 atom stereocenters. The molecule has 0 spiro atoms. The molecule has 2 heterocycles. The second-order valence-electron chi connectivity index (χ2n) is 6.92. The van der Waals surface area contributed by atoms with Crippen molar-refractivity contribution in [1.29, 1.82) is 0 Å². The molecule has 138 valence electrons. The summed E-state index contributed by atoms with van der Waals surface area (Å²) in [7, 11) is 0. The maximum atomic E-state index is 11.4. The summed E-state index contributed by atoms with van der Waals surface area (Å²) in [5.74, 6) is 0.746. The van der Waals surface area contributed by atoms with Crippen LogP contribution in [0.15, 0.2) is 48.7 Å². The number of aromatic nitrogens is 2. The highest BCUT2D eigenvalue weighted by molar-refractivity contribution is 5.79. The molecular weight excluding hydrogens is 338 g/mol. The Hall–Kier alpha value is -3.15. The van der Waals surface area contributed by atoms with Gasteiger partial charge in [0.05, 0.1) is 5.52 Å². The number of aryl methyl sites for hydroxylation is 1. The highest BCUT2D eigenvalue weighted by atomic mass is 16.2. The summed E-state index contributed by atoms with van der Waals surface area (Å²) in [5.41, 5.74) is 4.24. The van der Waals surface area contributed by atoms with Crippen LogP contribution in [0, 0.1) is 6.92 Å². The number of fused-ring (bicyclic) bond motifs is 1. The van der Waals surface area contributed by atoms with Crippen LogP contribution in [0.4, 0.5) is 17.3 Å². The lowest BCUT2D eigenvalue weighted by atomic mass is 10.2. The van der Waals surface area contributed by atoms with Gasteiger partial charge in [-0.1, -0.05) is 12.1 Å². The Kier molecular flexibility index (Phi) is 4.62. The van der Waals surface area contributed by atoms with Crippen molar-refractivity contribution in [3.63, 3.8) is 0 Å². The van der Waals surface area contributed by atoms with E-state index in [4.69, 9.17) is 0 Å². The van der Waals surface area contributed by atoms with Gasteiger partial charge in [-0.3, -0.25) is 4.79 Å². The van der Waals surface area contributed by atoms with Crippen LogP contribution in [0.25, 0.3) is 10.9 Å².